The summed E-state index contributed by atoms with van der Waals surface area (Å²) in [6.45, 7) is 10.8. The second kappa shape index (κ2) is 21.5. The van der Waals surface area contributed by atoms with Crippen LogP contribution in [0.4, 0.5) is 11.4 Å². The van der Waals surface area contributed by atoms with Crippen LogP contribution in [0.2, 0.25) is 0 Å². The molecule has 0 amide bonds. The summed E-state index contributed by atoms with van der Waals surface area (Å²) in [4.78, 5) is 0.243. The van der Waals surface area contributed by atoms with E-state index >= 15 is 0 Å². The Morgan fingerprint density at radius 1 is 0.613 bits per heavy atom. The van der Waals surface area contributed by atoms with Gasteiger partial charge in [0.1, 0.15) is 24.7 Å². The summed E-state index contributed by atoms with van der Waals surface area (Å²) in [5, 5.41) is 24.2. The fourth-order valence-electron chi connectivity index (χ4n) is 9.97. The van der Waals surface area contributed by atoms with Gasteiger partial charge in [-0.15, -0.1) is 0 Å². The topological polar surface area (TPSA) is 164 Å². The van der Waals surface area contributed by atoms with Crippen LogP contribution in [-0.2, 0) is 25.7 Å². The number of hydrogen-bond donors (Lipinski definition) is 4. The molecule has 62 heavy (non-hydrogen) atoms. The van der Waals surface area contributed by atoms with Crippen molar-refractivity contribution in [3.8, 4) is 11.5 Å². The average Bonchev–Trinajstić information content (AvgIpc) is 3.43. The number of unbranched alkanes of at least 4 members (excludes halogenated alkanes) is 2. The van der Waals surface area contributed by atoms with E-state index in [0.29, 0.717) is 69.5 Å². The maximum absolute atomic E-state index is 13.8. The Bertz CT molecular complexity index is 2150. The molecule has 0 spiro atoms. The molecule has 0 radical (unpaired) electrons. The van der Waals surface area contributed by atoms with E-state index in [9.17, 15) is 18.6 Å². The number of aliphatic hydroxyl groups excluding tert-OH is 2. The summed E-state index contributed by atoms with van der Waals surface area (Å²) in [6.07, 6.45) is 7.52. The largest absolute Gasteiger partial charge is 0.491 e. The molecule has 0 saturated carbocycles. The molecular formula is C51H70N2O8S. The third-order valence-corrected chi connectivity index (χ3v) is 15.8. The number of rotatable bonds is 21. The standard InChI is InChI=1S/C51H70N2O8S/c1-5-9-24-50(7-3)26-23-36-11-16-39(52)33-43(36)46(48(50)54)37-12-18-41(19-13-37)60-31-29-58-27-28-59-30-32-61-42-20-14-38(15-21-42)47-44-34-40(53)17-22-45(44)62(56,57)35-51(8-4,49(47)55)25-10-6-2/h11-22,33-34,46-49,54-55H,5-10,23-32,35,52-53H2,1-4H3/t46-,47+,48?,49?,50-,51+/m1/s1. The van der Waals surface area contributed by atoms with Crippen LogP contribution in [-0.4, -0.2) is 76.2 Å². The van der Waals surface area contributed by atoms with Crippen molar-refractivity contribution in [2.24, 2.45) is 10.8 Å². The second-order valence-corrected chi connectivity index (χ2v) is 19.5. The van der Waals surface area contributed by atoms with Crippen LogP contribution in [0.1, 0.15) is 125 Å². The number of benzene rings is 4. The number of hydrogen-bond acceptors (Lipinski definition) is 10. The van der Waals surface area contributed by atoms with Crippen LogP contribution >= 0.6 is 0 Å². The summed E-state index contributed by atoms with van der Waals surface area (Å²) in [5.74, 6) is 0.573. The van der Waals surface area contributed by atoms with E-state index in [1.807, 2.05) is 49.4 Å². The van der Waals surface area contributed by atoms with Gasteiger partial charge >= 0.3 is 0 Å². The zero-order valence-corrected chi connectivity index (χ0v) is 38.1. The monoisotopic (exact) mass is 870 g/mol. The molecule has 2 unspecified atom stereocenters. The lowest BCUT2D eigenvalue weighted by molar-refractivity contribution is -0.00156. The summed E-state index contributed by atoms with van der Waals surface area (Å²) in [5.41, 5.74) is 17.5. The fourth-order valence-corrected chi connectivity index (χ4v) is 12.2. The number of aliphatic hydroxyl groups is 2. The van der Waals surface area contributed by atoms with E-state index in [4.69, 9.17) is 30.4 Å². The van der Waals surface area contributed by atoms with Gasteiger partial charge in [-0.05, 0) is 126 Å². The first-order valence-corrected chi connectivity index (χ1v) is 24.5. The number of nitrogen functional groups attached to an aromatic ring is 2. The Labute approximate surface area is 370 Å². The Balaban J connectivity index is 0.953. The lowest BCUT2D eigenvalue weighted by Gasteiger charge is -2.40. The Morgan fingerprint density at radius 2 is 1.08 bits per heavy atom. The van der Waals surface area contributed by atoms with E-state index < -0.39 is 33.4 Å². The number of ether oxygens (including phenoxy) is 4. The first-order valence-electron chi connectivity index (χ1n) is 22.9. The van der Waals surface area contributed by atoms with E-state index in [1.54, 1.807) is 18.2 Å². The lowest BCUT2D eigenvalue weighted by Crippen LogP contribution is -2.42. The van der Waals surface area contributed by atoms with Crippen LogP contribution in [0.3, 0.4) is 0 Å². The van der Waals surface area contributed by atoms with Crippen molar-refractivity contribution in [2.45, 2.75) is 121 Å². The molecule has 1 heterocycles. The average molecular weight is 871 g/mol. The van der Waals surface area contributed by atoms with Gasteiger partial charge in [0.15, 0.2) is 9.84 Å². The Kier molecular flexibility index (Phi) is 16.4. The molecule has 4 aromatic carbocycles. The van der Waals surface area contributed by atoms with Crippen LogP contribution in [0.15, 0.2) is 89.8 Å². The van der Waals surface area contributed by atoms with Crippen LogP contribution in [0.25, 0.3) is 0 Å². The maximum atomic E-state index is 13.8. The summed E-state index contributed by atoms with van der Waals surface area (Å²) >= 11 is 0. The minimum absolute atomic E-state index is 0.0978. The van der Waals surface area contributed by atoms with Crippen LogP contribution in [0.5, 0.6) is 11.5 Å². The molecule has 338 valence electrons. The number of fused-ring (bicyclic) bond motifs is 2. The van der Waals surface area contributed by atoms with Crippen molar-refractivity contribution in [2.75, 3.05) is 56.9 Å². The summed E-state index contributed by atoms with van der Waals surface area (Å²) in [6, 6.07) is 26.7. The molecule has 1 aliphatic carbocycles. The van der Waals surface area contributed by atoms with Crippen molar-refractivity contribution >= 4 is 21.2 Å². The molecule has 6 rings (SSSR count). The van der Waals surface area contributed by atoms with Crippen molar-refractivity contribution in [1.29, 1.82) is 0 Å². The van der Waals surface area contributed by atoms with E-state index in [1.165, 1.54) is 5.56 Å². The van der Waals surface area contributed by atoms with Gasteiger partial charge in [0.05, 0.1) is 49.3 Å². The molecule has 10 nitrogen and oxygen atoms in total. The third-order valence-electron chi connectivity index (χ3n) is 13.8. The van der Waals surface area contributed by atoms with Crippen LogP contribution < -0.4 is 20.9 Å². The predicted octanol–water partition coefficient (Wildman–Crippen LogP) is 9.23. The highest BCUT2D eigenvalue weighted by Crippen LogP contribution is 2.51. The normalized spacial score (nSPS) is 24.4. The Morgan fingerprint density at radius 3 is 1.61 bits per heavy atom. The van der Waals surface area contributed by atoms with Crippen LogP contribution in [0, 0.1) is 10.8 Å². The first kappa shape index (κ1) is 47.4. The van der Waals surface area contributed by atoms with Gasteiger partial charge in [0.2, 0.25) is 0 Å². The molecular weight excluding hydrogens is 801 g/mol. The summed E-state index contributed by atoms with van der Waals surface area (Å²) in [7, 11) is -3.66. The number of anilines is 2. The van der Waals surface area contributed by atoms with Gasteiger partial charge in [-0.3, -0.25) is 0 Å². The number of aryl methyl sites for hydroxylation is 1. The zero-order valence-electron chi connectivity index (χ0n) is 37.3. The van der Waals surface area contributed by atoms with Gasteiger partial charge < -0.3 is 40.6 Å². The second-order valence-electron chi connectivity index (χ2n) is 17.6. The highest BCUT2D eigenvalue weighted by molar-refractivity contribution is 7.91. The van der Waals surface area contributed by atoms with E-state index in [0.717, 1.165) is 79.5 Å². The SMILES string of the molecule is CCCC[C@]1(CC)CCc2ccc(N)cc2[C@@H](c2ccc(OCCOCCOCCOc3ccc([C@H]4c5cc(N)ccc5S(=O)(=O)C[C@](CC)(CCCC)C4O)cc3)cc2)C1O. The van der Waals surface area contributed by atoms with Crippen molar-refractivity contribution in [3.05, 3.63) is 113 Å². The van der Waals surface area contributed by atoms with Gasteiger partial charge in [0.25, 0.3) is 0 Å². The molecule has 6 N–H and O–H groups in total. The van der Waals surface area contributed by atoms with Crippen molar-refractivity contribution in [1.82, 2.24) is 0 Å². The van der Waals surface area contributed by atoms with Gasteiger partial charge in [0, 0.05) is 28.6 Å². The minimum atomic E-state index is -3.66. The van der Waals surface area contributed by atoms with Crippen molar-refractivity contribution < 1.29 is 37.6 Å². The molecule has 0 aromatic heterocycles. The smallest absolute Gasteiger partial charge is 0.179 e. The Hall–Kier alpha value is -4.13. The van der Waals surface area contributed by atoms with E-state index in [2.05, 4.69) is 45.0 Å². The van der Waals surface area contributed by atoms with E-state index in [-0.39, 0.29) is 22.0 Å². The molecule has 0 saturated heterocycles. The molecule has 0 bridgehead atoms. The van der Waals surface area contributed by atoms with Gasteiger partial charge in [-0.25, -0.2) is 8.42 Å². The fraction of sp³-hybridized carbons (Fsp3) is 0.529. The maximum Gasteiger partial charge on any atom is 0.179 e. The quantitative estimate of drug-likeness (QED) is 0.0361. The molecule has 11 heteroatoms. The molecule has 6 atom stereocenters. The molecule has 2 aliphatic rings. The number of nitrogens with two attached hydrogens (primary N) is 2. The molecule has 1 aliphatic heterocycles. The highest BCUT2D eigenvalue weighted by Gasteiger charge is 2.49. The van der Waals surface area contributed by atoms with Gasteiger partial charge in [-0.2, -0.15) is 0 Å². The third kappa shape index (κ3) is 10.8. The summed E-state index contributed by atoms with van der Waals surface area (Å²) < 4.78 is 51.0. The highest BCUT2D eigenvalue weighted by atomic mass is 32.2. The predicted molar refractivity (Wildman–Crippen MR) is 248 cm³/mol. The lowest BCUT2D eigenvalue weighted by atomic mass is 9.67. The first-order chi connectivity index (χ1) is 29.9. The molecule has 4 aromatic rings. The number of sulfone groups is 1. The minimum Gasteiger partial charge on any atom is -0.491 e. The van der Waals surface area contributed by atoms with Gasteiger partial charge in [-0.1, -0.05) is 83.7 Å². The zero-order chi connectivity index (χ0) is 44.3. The molecule has 0 fully saturated rings. The van der Waals surface area contributed by atoms with Crippen molar-refractivity contribution in [3.63, 3.8) is 0 Å².